The summed E-state index contributed by atoms with van der Waals surface area (Å²) in [6.45, 7) is -0.328. The maximum atomic E-state index is 12.9. The summed E-state index contributed by atoms with van der Waals surface area (Å²) in [7, 11) is 1.53. The Labute approximate surface area is 193 Å². The molecule has 3 amide bonds. The van der Waals surface area contributed by atoms with Gasteiger partial charge in [0, 0.05) is 18.5 Å². The number of carbonyl (C=O) groups excluding carboxylic acids is 3. The number of rotatable bonds is 10. The highest BCUT2D eigenvalue weighted by Gasteiger charge is 2.23. The fourth-order valence-corrected chi connectivity index (χ4v) is 3.89. The Kier molecular flexibility index (Phi) is 11.2. The van der Waals surface area contributed by atoms with Gasteiger partial charge in [-0.25, -0.2) is 4.79 Å². The molecule has 1 saturated carbocycles. The van der Waals surface area contributed by atoms with Crippen molar-refractivity contribution >= 4 is 35.2 Å². The van der Waals surface area contributed by atoms with Crippen molar-refractivity contribution in [2.24, 2.45) is 10.9 Å². The van der Waals surface area contributed by atoms with E-state index in [2.05, 4.69) is 15.6 Å². The number of nitrogens with one attached hydrogen (secondary N) is 2. The summed E-state index contributed by atoms with van der Waals surface area (Å²) in [5.74, 6) is -0.433. The van der Waals surface area contributed by atoms with E-state index in [1.165, 1.54) is 13.5 Å². The van der Waals surface area contributed by atoms with Gasteiger partial charge in [0.05, 0.1) is 12.6 Å². The van der Waals surface area contributed by atoms with Gasteiger partial charge in [-0.15, -0.1) is 0 Å². The summed E-state index contributed by atoms with van der Waals surface area (Å²) >= 11 is 5.94. The summed E-state index contributed by atoms with van der Waals surface area (Å²) in [4.78, 5) is 40.6. The second kappa shape index (κ2) is 13.9. The van der Waals surface area contributed by atoms with Crippen molar-refractivity contribution in [1.29, 1.82) is 0 Å². The molecule has 1 aromatic rings. The van der Waals surface area contributed by atoms with Crippen molar-refractivity contribution in [3.8, 4) is 0 Å². The number of carbonyl (C=O) groups is 3. The molecular weight excluding hydrogens is 434 g/mol. The molecule has 32 heavy (non-hydrogen) atoms. The minimum atomic E-state index is -0.850. The van der Waals surface area contributed by atoms with Crippen molar-refractivity contribution in [2.45, 2.75) is 64.0 Å². The van der Waals surface area contributed by atoms with Crippen LogP contribution in [0.25, 0.3) is 0 Å². The molecule has 1 atom stereocenters. The molecule has 176 valence electrons. The molecule has 0 aliphatic heterocycles. The summed E-state index contributed by atoms with van der Waals surface area (Å²) in [6, 6.07) is 6.33. The first-order valence-electron chi connectivity index (χ1n) is 11.0. The van der Waals surface area contributed by atoms with Gasteiger partial charge in [0.15, 0.2) is 0 Å². The lowest BCUT2D eigenvalue weighted by Gasteiger charge is -2.23. The fraction of sp³-hybridized carbons (Fsp3) is 0.565. The Bertz CT molecular complexity index is 809. The minimum Gasteiger partial charge on any atom is -0.443 e. The first kappa shape index (κ1) is 25.8. The van der Waals surface area contributed by atoms with Gasteiger partial charge in [0.1, 0.15) is 12.3 Å². The second-order valence-electron chi connectivity index (χ2n) is 8.02. The van der Waals surface area contributed by atoms with Crippen LogP contribution in [0.5, 0.6) is 0 Å². The summed E-state index contributed by atoms with van der Waals surface area (Å²) in [6.07, 6.45) is 5.25. The topological polar surface area (TPSA) is 117 Å². The van der Waals surface area contributed by atoms with Crippen molar-refractivity contribution in [1.82, 2.24) is 10.6 Å². The molecule has 1 unspecified atom stereocenters. The van der Waals surface area contributed by atoms with Gasteiger partial charge in [-0.1, -0.05) is 55.8 Å². The lowest BCUT2D eigenvalue weighted by molar-refractivity contribution is -0.121. The highest BCUT2D eigenvalue weighted by Crippen LogP contribution is 2.27. The SMILES string of the molecule is CNC(=O)CCC(CO)NC(=O)/C(CC1CCCCC1)=N/C(=O)OCc1cccc(Cl)c1. The van der Waals surface area contributed by atoms with Crippen molar-refractivity contribution < 1.29 is 24.2 Å². The van der Waals surface area contributed by atoms with Gasteiger partial charge in [-0.05, 0) is 36.5 Å². The molecule has 8 nitrogen and oxygen atoms in total. The van der Waals surface area contributed by atoms with Crippen LogP contribution in [0.2, 0.25) is 5.02 Å². The lowest BCUT2D eigenvalue weighted by atomic mass is 9.85. The molecule has 0 spiro atoms. The molecule has 3 N–H and O–H groups in total. The van der Waals surface area contributed by atoms with Gasteiger partial charge in [-0.2, -0.15) is 4.99 Å². The first-order chi connectivity index (χ1) is 15.4. The predicted molar refractivity (Wildman–Crippen MR) is 123 cm³/mol. The van der Waals surface area contributed by atoms with Gasteiger partial charge in [-0.3, -0.25) is 9.59 Å². The van der Waals surface area contributed by atoms with Crippen molar-refractivity contribution in [3.05, 3.63) is 34.9 Å². The third kappa shape index (κ3) is 9.36. The third-order valence-electron chi connectivity index (χ3n) is 5.50. The molecule has 1 aromatic carbocycles. The van der Waals surface area contributed by atoms with Crippen molar-refractivity contribution in [2.75, 3.05) is 13.7 Å². The average molecular weight is 466 g/mol. The largest absolute Gasteiger partial charge is 0.443 e. The Balaban J connectivity index is 2.04. The van der Waals surface area contributed by atoms with E-state index < -0.39 is 18.0 Å². The zero-order valence-electron chi connectivity index (χ0n) is 18.4. The molecule has 9 heteroatoms. The van der Waals surface area contributed by atoms with E-state index in [4.69, 9.17) is 16.3 Å². The highest BCUT2D eigenvalue weighted by molar-refractivity contribution is 6.40. The molecule has 1 fully saturated rings. The predicted octanol–water partition coefficient (Wildman–Crippen LogP) is 3.39. The van der Waals surface area contributed by atoms with Crippen LogP contribution in [0.15, 0.2) is 29.3 Å². The molecule has 1 aliphatic rings. The molecule has 1 aliphatic carbocycles. The lowest BCUT2D eigenvalue weighted by Crippen LogP contribution is -2.42. The number of halogens is 1. The molecule has 0 heterocycles. The number of amides is 3. The van der Waals surface area contributed by atoms with Gasteiger partial charge in [0.25, 0.3) is 5.91 Å². The van der Waals surface area contributed by atoms with E-state index in [9.17, 15) is 19.5 Å². The van der Waals surface area contributed by atoms with Crippen LogP contribution < -0.4 is 10.6 Å². The van der Waals surface area contributed by atoms with Gasteiger partial charge >= 0.3 is 6.09 Å². The Morgan fingerprint density at radius 3 is 2.66 bits per heavy atom. The third-order valence-corrected chi connectivity index (χ3v) is 5.74. The highest BCUT2D eigenvalue weighted by atomic mass is 35.5. The van der Waals surface area contributed by atoms with Gasteiger partial charge in [0.2, 0.25) is 5.91 Å². The number of hydrogen-bond acceptors (Lipinski definition) is 5. The Morgan fingerprint density at radius 1 is 1.25 bits per heavy atom. The number of nitrogens with zero attached hydrogens (tertiary/aromatic N) is 1. The summed E-state index contributed by atoms with van der Waals surface area (Å²) in [5, 5.41) is 15.3. The van der Waals surface area contributed by atoms with E-state index in [1.807, 2.05) is 0 Å². The van der Waals surface area contributed by atoms with Crippen LogP contribution in [0.3, 0.4) is 0 Å². The van der Waals surface area contributed by atoms with E-state index in [0.29, 0.717) is 17.0 Å². The van der Waals surface area contributed by atoms with E-state index in [1.54, 1.807) is 24.3 Å². The Hall–Kier alpha value is -2.45. The normalized spacial score (nSPS) is 15.7. The van der Waals surface area contributed by atoms with E-state index in [-0.39, 0.29) is 43.6 Å². The average Bonchev–Trinajstić information content (AvgIpc) is 2.80. The number of aliphatic hydroxyl groups is 1. The molecule has 0 radical (unpaired) electrons. The van der Waals surface area contributed by atoms with E-state index >= 15 is 0 Å². The van der Waals surface area contributed by atoms with E-state index in [0.717, 1.165) is 25.7 Å². The number of ether oxygens (including phenoxy) is 1. The van der Waals surface area contributed by atoms with Crippen LogP contribution in [-0.2, 0) is 20.9 Å². The first-order valence-corrected chi connectivity index (χ1v) is 11.4. The number of hydrogen-bond donors (Lipinski definition) is 3. The van der Waals surface area contributed by atoms with Crippen LogP contribution in [0, 0.1) is 5.92 Å². The smallest absolute Gasteiger partial charge is 0.434 e. The van der Waals surface area contributed by atoms with Crippen LogP contribution in [-0.4, -0.2) is 48.4 Å². The Morgan fingerprint density at radius 2 is 2.00 bits per heavy atom. The zero-order valence-corrected chi connectivity index (χ0v) is 19.2. The standard InChI is InChI=1S/C23H32ClN3O5/c1-25-21(29)11-10-19(14-28)26-22(30)20(13-16-6-3-2-4-7-16)27-23(31)32-15-17-8-5-9-18(24)12-17/h5,8-9,12,16,19,28H,2-4,6-7,10-11,13-15H2,1H3,(H,25,29)(H,26,30)/b27-20+. The maximum Gasteiger partial charge on any atom is 0.434 e. The molecule has 2 rings (SSSR count). The molecule has 0 saturated heterocycles. The van der Waals surface area contributed by atoms with Gasteiger partial charge < -0.3 is 20.5 Å². The summed E-state index contributed by atoms with van der Waals surface area (Å²) in [5.41, 5.74) is 0.806. The summed E-state index contributed by atoms with van der Waals surface area (Å²) < 4.78 is 5.21. The molecular formula is C23H32ClN3O5. The van der Waals surface area contributed by atoms with Crippen LogP contribution in [0.4, 0.5) is 4.79 Å². The maximum absolute atomic E-state index is 12.9. The minimum absolute atomic E-state index is 0.00733. The zero-order chi connectivity index (χ0) is 23.3. The number of aliphatic imine (C=N–C) groups is 1. The van der Waals surface area contributed by atoms with Crippen LogP contribution >= 0.6 is 11.6 Å². The number of aliphatic hydroxyl groups excluding tert-OH is 1. The van der Waals surface area contributed by atoms with Crippen molar-refractivity contribution in [3.63, 3.8) is 0 Å². The number of benzene rings is 1. The molecule has 0 aromatic heterocycles. The molecule has 0 bridgehead atoms. The monoisotopic (exact) mass is 465 g/mol. The quantitative estimate of drug-likeness (QED) is 0.458. The fourth-order valence-electron chi connectivity index (χ4n) is 3.68. The second-order valence-corrected chi connectivity index (χ2v) is 8.45. The van der Waals surface area contributed by atoms with Crippen LogP contribution in [0.1, 0.15) is 56.9 Å².